The van der Waals surface area contributed by atoms with Crippen molar-refractivity contribution in [1.82, 2.24) is 10.0 Å². The maximum absolute atomic E-state index is 12.5. The Bertz CT molecular complexity index is 901. The van der Waals surface area contributed by atoms with Crippen LogP contribution in [0.25, 0.3) is 0 Å². The first kappa shape index (κ1) is 19.4. The number of carbonyl (C=O) groups excluding carboxylic acids is 1. The number of amides is 1. The van der Waals surface area contributed by atoms with Crippen LogP contribution in [0.2, 0.25) is 5.02 Å². The highest BCUT2D eigenvalue weighted by Crippen LogP contribution is 2.21. The highest BCUT2D eigenvalue weighted by Gasteiger charge is 2.17. The van der Waals surface area contributed by atoms with E-state index in [0.29, 0.717) is 6.54 Å². The van der Waals surface area contributed by atoms with E-state index in [1.165, 1.54) is 25.2 Å². The number of carbonyl (C=O) groups is 1. The van der Waals surface area contributed by atoms with Crippen LogP contribution in [0.4, 0.5) is 0 Å². The van der Waals surface area contributed by atoms with Gasteiger partial charge in [0.05, 0.1) is 15.5 Å². The minimum absolute atomic E-state index is 0.00718. The van der Waals surface area contributed by atoms with Crippen LogP contribution in [0, 0.1) is 20.8 Å². The second-order valence-electron chi connectivity index (χ2n) is 5.91. The van der Waals surface area contributed by atoms with E-state index in [1.54, 1.807) is 0 Å². The lowest BCUT2D eigenvalue weighted by Gasteiger charge is -2.13. The monoisotopic (exact) mass is 380 g/mol. The van der Waals surface area contributed by atoms with Crippen LogP contribution in [-0.2, 0) is 16.6 Å². The van der Waals surface area contributed by atoms with Gasteiger partial charge in [-0.05, 0) is 62.7 Å². The molecule has 5 nitrogen and oxygen atoms in total. The first-order chi connectivity index (χ1) is 11.7. The quantitative estimate of drug-likeness (QED) is 0.836. The second-order valence-corrected chi connectivity index (χ2v) is 8.20. The lowest BCUT2D eigenvalue weighted by molar-refractivity contribution is 0.0951. The molecule has 25 heavy (non-hydrogen) atoms. The lowest BCUT2D eigenvalue weighted by atomic mass is 10.00. The van der Waals surface area contributed by atoms with Gasteiger partial charge in [0, 0.05) is 6.54 Å². The predicted octanol–water partition coefficient (Wildman–Crippen LogP) is 3.10. The topological polar surface area (TPSA) is 75.3 Å². The molecule has 0 fully saturated rings. The molecule has 0 aliphatic rings. The Morgan fingerprint density at radius 2 is 1.68 bits per heavy atom. The van der Waals surface area contributed by atoms with Crippen LogP contribution in [0.5, 0.6) is 0 Å². The number of rotatable bonds is 5. The Balaban J connectivity index is 2.26. The Hall–Kier alpha value is -1.89. The molecular weight excluding hydrogens is 360 g/mol. The van der Waals surface area contributed by atoms with Crippen LogP contribution in [-0.4, -0.2) is 21.4 Å². The number of aryl methyl sites for hydroxylation is 3. The first-order valence-corrected chi connectivity index (χ1v) is 9.60. The van der Waals surface area contributed by atoms with E-state index in [1.807, 2.05) is 20.8 Å². The third-order valence-corrected chi connectivity index (χ3v) is 5.77. The standard InChI is InChI=1S/C18H21ClN2O3S/c1-11-7-12(2)16(13(3)8-11)10-21-18(22)15-9-14(5-6-17(15)19)25(23,24)20-4/h5-9,20H,10H2,1-4H3,(H,21,22). The van der Waals surface area contributed by atoms with Gasteiger partial charge in [-0.25, -0.2) is 13.1 Å². The molecule has 0 radical (unpaired) electrons. The van der Waals surface area contributed by atoms with E-state index in [-0.39, 0.29) is 15.5 Å². The molecule has 0 saturated carbocycles. The second kappa shape index (κ2) is 7.56. The Labute approximate surface area is 153 Å². The SMILES string of the molecule is CNS(=O)(=O)c1ccc(Cl)c(C(=O)NCc2c(C)cc(C)cc2C)c1. The van der Waals surface area contributed by atoms with E-state index in [4.69, 9.17) is 11.6 Å². The lowest BCUT2D eigenvalue weighted by Crippen LogP contribution is -2.25. The number of halogens is 1. The maximum atomic E-state index is 12.5. The molecule has 2 aromatic rings. The van der Waals surface area contributed by atoms with Gasteiger partial charge in [0.15, 0.2) is 0 Å². The van der Waals surface area contributed by atoms with Gasteiger partial charge in [0.25, 0.3) is 5.91 Å². The summed E-state index contributed by atoms with van der Waals surface area (Å²) in [6.45, 7) is 6.36. The molecular formula is C18H21ClN2O3S. The van der Waals surface area contributed by atoms with Crippen molar-refractivity contribution in [1.29, 1.82) is 0 Å². The van der Waals surface area contributed by atoms with Gasteiger partial charge in [0.2, 0.25) is 10.0 Å². The molecule has 1 amide bonds. The van der Waals surface area contributed by atoms with Gasteiger partial charge < -0.3 is 5.32 Å². The van der Waals surface area contributed by atoms with Crippen molar-refractivity contribution in [2.24, 2.45) is 0 Å². The molecule has 0 aliphatic carbocycles. The summed E-state index contributed by atoms with van der Waals surface area (Å²) < 4.78 is 26.0. The van der Waals surface area contributed by atoms with Crippen molar-refractivity contribution in [3.63, 3.8) is 0 Å². The summed E-state index contributed by atoms with van der Waals surface area (Å²) in [6, 6.07) is 8.16. The molecule has 134 valence electrons. The molecule has 0 bridgehead atoms. The molecule has 0 aliphatic heterocycles. The Morgan fingerprint density at radius 1 is 1.08 bits per heavy atom. The zero-order valence-corrected chi connectivity index (χ0v) is 16.2. The molecule has 0 heterocycles. The number of hydrogen-bond acceptors (Lipinski definition) is 3. The number of sulfonamides is 1. The highest BCUT2D eigenvalue weighted by molar-refractivity contribution is 7.89. The minimum atomic E-state index is -3.64. The summed E-state index contributed by atoms with van der Waals surface area (Å²) in [5.41, 5.74) is 4.51. The Kier molecular flexibility index (Phi) is 5.87. The summed E-state index contributed by atoms with van der Waals surface area (Å²) in [7, 11) is -2.33. The molecule has 7 heteroatoms. The van der Waals surface area contributed by atoms with Crippen LogP contribution < -0.4 is 10.0 Å². The number of hydrogen-bond donors (Lipinski definition) is 2. The smallest absolute Gasteiger partial charge is 0.253 e. The minimum Gasteiger partial charge on any atom is -0.348 e. The van der Waals surface area contributed by atoms with E-state index < -0.39 is 15.9 Å². The molecule has 0 spiro atoms. The summed E-state index contributed by atoms with van der Waals surface area (Å²) in [4.78, 5) is 12.5. The predicted molar refractivity (Wildman–Crippen MR) is 99.5 cm³/mol. The molecule has 2 rings (SSSR count). The third-order valence-electron chi connectivity index (χ3n) is 4.03. The van der Waals surface area contributed by atoms with Crippen molar-refractivity contribution in [2.45, 2.75) is 32.2 Å². The zero-order chi connectivity index (χ0) is 18.8. The zero-order valence-electron chi connectivity index (χ0n) is 14.6. The summed E-state index contributed by atoms with van der Waals surface area (Å²) in [5.74, 6) is -0.419. The molecule has 2 aromatic carbocycles. The fraction of sp³-hybridized carbons (Fsp3) is 0.278. The van der Waals surface area contributed by atoms with Crippen molar-refractivity contribution < 1.29 is 13.2 Å². The van der Waals surface area contributed by atoms with Gasteiger partial charge in [-0.3, -0.25) is 4.79 Å². The van der Waals surface area contributed by atoms with E-state index in [9.17, 15) is 13.2 Å². The van der Waals surface area contributed by atoms with Gasteiger partial charge >= 0.3 is 0 Å². The first-order valence-electron chi connectivity index (χ1n) is 7.73. The maximum Gasteiger partial charge on any atom is 0.253 e. The highest BCUT2D eigenvalue weighted by atomic mass is 35.5. The van der Waals surface area contributed by atoms with Crippen molar-refractivity contribution in [3.05, 3.63) is 63.2 Å². The van der Waals surface area contributed by atoms with Gasteiger partial charge in [-0.15, -0.1) is 0 Å². The molecule has 2 N–H and O–H groups in total. The average molecular weight is 381 g/mol. The van der Waals surface area contributed by atoms with Crippen LogP contribution in [0.15, 0.2) is 35.2 Å². The van der Waals surface area contributed by atoms with Gasteiger partial charge in [-0.2, -0.15) is 0 Å². The largest absolute Gasteiger partial charge is 0.348 e. The number of nitrogens with one attached hydrogen (secondary N) is 2. The number of benzene rings is 2. The molecule has 0 atom stereocenters. The molecule has 0 aromatic heterocycles. The van der Waals surface area contributed by atoms with Crippen LogP contribution >= 0.6 is 11.6 Å². The van der Waals surface area contributed by atoms with E-state index in [0.717, 1.165) is 22.3 Å². The van der Waals surface area contributed by atoms with Crippen molar-refractivity contribution >= 4 is 27.5 Å². The summed E-state index contributed by atoms with van der Waals surface area (Å²) in [6.07, 6.45) is 0. The third kappa shape index (κ3) is 4.39. The van der Waals surface area contributed by atoms with E-state index in [2.05, 4.69) is 22.2 Å². The van der Waals surface area contributed by atoms with Crippen molar-refractivity contribution in [2.75, 3.05) is 7.05 Å². The van der Waals surface area contributed by atoms with Gasteiger partial charge in [0.1, 0.15) is 0 Å². The summed E-state index contributed by atoms with van der Waals surface area (Å²) >= 11 is 6.07. The van der Waals surface area contributed by atoms with Gasteiger partial charge in [-0.1, -0.05) is 29.3 Å². The normalized spacial score (nSPS) is 11.4. The van der Waals surface area contributed by atoms with Crippen LogP contribution in [0.3, 0.4) is 0 Å². The summed E-state index contributed by atoms with van der Waals surface area (Å²) in [5, 5.41) is 3.01. The Morgan fingerprint density at radius 3 is 2.24 bits per heavy atom. The van der Waals surface area contributed by atoms with E-state index >= 15 is 0 Å². The average Bonchev–Trinajstić information content (AvgIpc) is 2.53. The fourth-order valence-corrected chi connectivity index (χ4v) is 3.68. The molecule has 0 saturated heterocycles. The van der Waals surface area contributed by atoms with Crippen molar-refractivity contribution in [3.8, 4) is 0 Å². The van der Waals surface area contributed by atoms with Crippen LogP contribution in [0.1, 0.15) is 32.6 Å². The molecule has 0 unspecified atom stereocenters. The fourth-order valence-electron chi connectivity index (χ4n) is 2.72.